The summed E-state index contributed by atoms with van der Waals surface area (Å²) in [4.78, 5) is 0. The number of rotatable bonds is 6. The smallest absolute Gasteiger partial charge is 0.00501 e. The van der Waals surface area contributed by atoms with Gasteiger partial charge in [-0.15, -0.1) is 0 Å². The average Bonchev–Trinajstić information content (AvgIpc) is 2.69. The zero-order valence-electron chi connectivity index (χ0n) is 20.1. The summed E-state index contributed by atoms with van der Waals surface area (Å²) in [6.45, 7) is 19.5. The minimum Gasteiger partial charge on any atom is -0.158 e. The van der Waals surface area contributed by atoms with Crippen LogP contribution in [0.25, 0.3) is 0 Å². The Morgan fingerprint density at radius 2 is 1.54 bits per heavy atom. The second-order valence-corrected chi connectivity index (χ2v) is 8.48. The standard InChI is InChI=1S/C16H30S.C5H12.2C2H6/c1-4-14(2)13-17-16-11-7-5-6-9-15(3)10-8-12-16;1-3-5-4-2;2*1-2/h5-6,14-16H,4,7-13H2,1-3H3;3-5H2,1-2H3;2*1-2H3/b6-5-;;;. The highest BCUT2D eigenvalue weighted by atomic mass is 32.2. The monoisotopic (exact) mass is 386 g/mol. The van der Waals surface area contributed by atoms with Gasteiger partial charge in [0.15, 0.2) is 0 Å². The van der Waals surface area contributed by atoms with Gasteiger partial charge in [-0.2, -0.15) is 11.8 Å². The molecule has 0 spiro atoms. The molecule has 0 radical (unpaired) electrons. The third kappa shape index (κ3) is 24.1. The van der Waals surface area contributed by atoms with Gasteiger partial charge in [-0.3, -0.25) is 0 Å². The zero-order valence-corrected chi connectivity index (χ0v) is 20.9. The molecule has 0 heterocycles. The third-order valence-electron chi connectivity index (χ3n) is 4.60. The van der Waals surface area contributed by atoms with Crippen LogP contribution in [0.1, 0.15) is 127 Å². The van der Waals surface area contributed by atoms with Gasteiger partial charge in [-0.05, 0) is 43.3 Å². The average molecular weight is 387 g/mol. The molecule has 0 aliphatic heterocycles. The molecule has 1 aliphatic rings. The summed E-state index contributed by atoms with van der Waals surface area (Å²) >= 11 is 2.24. The summed E-state index contributed by atoms with van der Waals surface area (Å²) in [6.07, 6.45) is 18.5. The SMILES string of the molecule is CC.CC.CCC(C)CSC1CC/C=C\CC(C)CCC1.CCCCC. The van der Waals surface area contributed by atoms with E-state index >= 15 is 0 Å². The first-order valence-electron chi connectivity index (χ1n) is 11.9. The first-order chi connectivity index (χ1) is 12.6. The van der Waals surface area contributed by atoms with Crippen LogP contribution in [0.5, 0.6) is 0 Å². The minimum atomic E-state index is 0.893. The molecule has 0 amide bonds. The van der Waals surface area contributed by atoms with Crippen molar-refractivity contribution in [1.82, 2.24) is 0 Å². The largest absolute Gasteiger partial charge is 0.158 e. The van der Waals surface area contributed by atoms with Crippen LogP contribution in [0, 0.1) is 11.8 Å². The lowest BCUT2D eigenvalue weighted by Crippen LogP contribution is -2.08. The van der Waals surface area contributed by atoms with Gasteiger partial charge >= 0.3 is 0 Å². The number of hydrogen-bond donors (Lipinski definition) is 0. The van der Waals surface area contributed by atoms with Crippen molar-refractivity contribution in [2.45, 2.75) is 132 Å². The van der Waals surface area contributed by atoms with Crippen LogP contribution in [0.4, 0.5) is 0 Å². The Labute approximate surface area is 173 Å². The van der Waals surface area contributed by atoms with E-state index in [4.69, 9.17) is 0 Å². The van der Waals surface area contributed by atoms with Crippen molar-refractivity contribution in [3.63, 3.8) is 0 Å². The van der Waals surface area contributed by atoms with Gasteiger partial charge < -0.3 is 0 Å². The van der Waals surface area contributed by atoms with E-state index in [1.807, 2.05) is 27.7 Å². The van der Waals surface area contributed by atoms with Crippen molar-refractivity contribution in [1.29, 1.82) is 0 Å². The molecule has 0 aromatic heterocycles. The number of hydrogen-bond acceptors (Lipinski definition) is 1. The molecular weight excluding hydrogens is 332 g/mol. The molecule has 0 fully saturated rings. The summed E-state index contributed by atoms with van der Waals surface area (Å²) < 4.78 is 0. The fraction of sp³-hybridized carbons (Fsp3) is 0.920. The minimum absolute atomic E-state index is 0.893. The van der Waals surface area contributed by atoms with Crippen molar-refractivity contribution in [2.75, 3.05) is 5.75 Å². The van der Waals surface area contributed by atoms with E-state index in [1.54, 1.807) is 0 Å². The highest BCUT2D eigenvalue weighted by Crippen LogP contribution is 2.27. The molecule has 0 bridgehead atoms. The van der Waals surface area contributed by atoms with Crippen molar-refractivity contribution in [3.8, 4) is 0 Å². The van der Waals surface area contributed by atoms with Crippen LogP contribution in [-0.4, -0.2) is 11.0 Å². The lowest BCUT2D eigenvalue weighted by atomic mass is 9.97. The Morgan fingerprint density at radius 3 is 2.04 bits per heavy atom. The Kier molecular flexibility index (Phi) is 32.4. The van der Waals surface area contributed by atoms with Gasteiger partial charge in [0, 0.05) is 5.25 Å². The molecule has 0 aromatic carbocycles. The Bertz CT molecular complexity index is 245. The molecule has 1 heteroatoms. The molecule has 160 valence electrons. The van der Waals surface area contributed by atoms with Crippen molar-refractivity contribution in [2.24, 2.45) is 11.8 Å². The third-order valence-corrected chi connectivity index (χ3v) is 6.31. The molecule has 3 unspecified atom stereocenters. The Morgan fingerprint density at radius 1 is 0.923 bits per heavy atom. The maximum absolute atomic E-state index is 2.42. The van der Waals surface area contributed by atoms with E-state index in [1.165, 1.54) is 70.0 Å². The fourth-order valence-electron chi connectivity index (χ4n) is 2.62. The van der Waals surface area contributed by atoms with Crippen molar-refractivity contribution < 1.29 is 0 Å². The topological polar surface area (TPSA) is 0 Å². The molecule has 0 saturated carbocycles. The second-order valence-electron chi connectivity index (χ2n) is 7.14. The Hall–Kier alpha value is 0.0900. The predicted molar refractivity (Wildman–Crippen MR) is 130 cm³/mol. The fourth-order valence-corrected chi connectivity index (χ4v) is 4.10. The van der Waals surface area contributed by atoms with E-state index in [0.717, 1.165) is 17.1 Å². The van der Waals surface area contributed by atoms with Crippen LogP contribution in [0.15, 0.2) is 12.2 Å². The maximum atomic E-state index is 2.42. The Balaban J connectivity index is -0.000000497. The van der Waals surface area contributed by atoms with E-state index in [-0.39, 0.29) is 0 Å². The molecule has 0 saturated heterocycles. The molecule has 0 nitrogen and oxygen atoms in total. The summed E-state index contributed by atoms with van der Waals surface area (Å²) in [5, 5.41) is 0.916. The molecule has 26 heavy (non-hydrogen) atoms. The number of unbranched alkanes of at least 4 members (excludes halogenated alkanes) is 2. The zero-order chi connectivity index (χ0) is 20.6. The van der Waals surface area contributed by atoms with Crippen LogP contribution in [-0.2, 0) is 0 Å². The van der Waals surface area contributed by atoms with E-state index in [2.05, 4.69) is 58.5 Å². The molecule has 3 atom stereocenters. The van der Waals surface area contributed by atoms with Gasteiger partial charge in [-0.1, -0.05) is 113 Å². The highest BCUT2D eigenvalue weighted by molar-refractivity contribution is 7.99. The second kappa shape index (κ2) is 27.3. The summed E-state index contributed by atoms with van der Waals surface area (Å²) in [5.41, 5.74) is 0. The maximum Gasteiger partial charge on any atom is 0.00501 e. The quantitative estimate of drug-likeness (QED) is 0.409. The number of thioether (sulfide) groups is 1. The van der Waals surface area contributed by atoms with E-state index in [9.17, 15) is 0 Å². The van der Waals surface area contributed by atoms with E-state index < -0.39 is 0 Å². The lowest BCUT2D eigenvalue weighted by Gasteiger charge is -2.20. The van der Waals surface area contributed by atoms with Crippen molar-refractivity contribution >= 4 is 11.8 Å². The first-order valence-corrected chi connectivity index (χ1v) is 12.9. The van der Waals surface area contributed by atoms with Gasteiger partial charge in [-0.25, -0.2) is 0 Å². The van der Waals surface area contributed by atoms with Gasteiger partial charge in [0.25, 0.3) is 0 Å². The van der Waals surface area contributed by atoms with Crippen LogP contribution in [0.3, 0.4) is 0 Å². The summed E-state index contributed by atoms with van der Waals surface area (Å²) in [7, 11) is 0. The summed E-state index contributed by atoms with van der Waals surface area (Å²) in [6, 6.07) is 0. The molecule has 1 rings (SSSR count). The molecule has 0 aromatic rings. The van der Waals surface area contributed by atoms with Crippen LogP contribution in [0.2, 0.25) is 0 Å². The van der Waals surface area contributed by atoms with Crippen LogP contribution >= 0.6 is 11.8 Å². The van der Waals surface area contributed by atoms with Crippen molar-refractivity contribution in [3.05, 3.63) is 12.2 Å². The molecule has 0 N–H and O–H groups in total. The molecule has 1 aliphatic carbocycles. The van der Waals surface area contributed by atoms with Gasteiger partial charge in [0.05, 0.1) is 0 Å². The number of allylic oxidation sites excluding steroid dienone is 2. The van der Waals surface area contributed by atoms with Gasteiger partial charge in [0.2, 0.25) is 0 Å². The normalized spacial score (nSPS) is 22.2. The lowest BCUT2D eigenvalue weighted by molar-refractivity contribution is 0.489. The van der Waals surface area contributed by atoms with E-state index in [0.29, 0.717) is 0 Å². The van der Waals surface area contributed by atoms with Crippen LogP contribution < -0.4 is 0 Å². The summed E-state index contributed by atoms with van der Waals surface area (Å²) in [5.74, 6) is 3.15. The predicted octanol–water partition coefficient (Wildman–Crippen LogP) is 9.93. The first kappa shape index (κ1) is 30.8. The molecular formula is C25H54S. The highest BCUT2D eigenvalue weighted by Gasteiger charge is 2.12. The van der Waals surface area contributed by atoms with Gasteiger partial charge in [0.1, 0.15) is 0 Å².